The van der Waals surface area contributed by atoms with Crippen molar-refractivity contribution in [1.82, 2.24) is 4.98 Å². The normalized spacial score (nSPS) is 12.7. The van der Waals surface area contributed by atoms with Gasteiger partial charge < -0.3 is 5.32 Å². The fraction of sp³-hybridized carbons (Fsp3) is 0.357. The van der Waals surface area contributed by atoms with Gasteiger partial charge in [-0.1, -0.05) is 19.9 Å². The molecule has 1 N–H and O–H groups in total. The van der Waals surface area contributed by atoms with Crippen LogP contribution in [-0.4, -0.2) is 4.98 Å². The van der Waals surface area contributed by atoms with E-state index in [0.717, 1.165) is 11.4 Å². The maximum absolute atomic E-state index is 4.31. The van der Waals surface area contributed by atoms with Crippen molar-refractivity contribution < 1.29 is 0 Å². The molecule has 0 fully saturated rings. The summed E-state index contributed by atoms with van der Waals surface area (Å²) in [5.74, 6) is 0.551. The Hall–Kier alpha value is -1.35. The van der Waals surface area contributed by atoms with Crippen LogP contribution in [0, 0.1) is 12.8 Å². The van der Waals surface area contributed by atoms with E-state index in [9.17, 15) is 0 Å². The van der Waals surface area contributed by atoms with E-state index >= 15 is 0 Å². The van der Waals surface area contributed by atoms with E-state index in [-0.39, 0.29) is 0 Å². The molecule has 2 heterocycles. The van der Waals surface area contributed by atoms with Gasteiger partial charge in [-0.05, 0) is 36.4 Å². The summed E-state index contributed by atoms with van der Waals surface area (Å²) in [6.07, 6.45) is 1.90. The Kier molecular flexibility index (Phi) is 3.79. The van der Waals surface area contributed by atoms with Crippen molar-refractivity contribution in [3.8, 4) is 0 Å². The van der Waals surface area contributed by atoms with Crippen molar-refractivity contribution in [3.05, 3.63) is 46.4 Å². The van der Waals surface area contributed by atoms with Gasteiger partial charge in [0.25, 0.3) is 0 Å². The van der Waals surface area contributed by atoms with Gasteiger partial charge in [-0.15, -0.1) is 11.3 Å². The molecule has 0 saturated carbocycles. The molecule has 0 bridgehead atoms. The Bertz CT molecular complexity index is 446. The summed E-state index contributed by atoms with van der Waals surface area (Å²) in [7, 11) is 0. The zero-order chi connectivity index (χ0) is 12.3. The van der Waals surface area contributed by atoms with Gasteiger partial charge in [-0.3, -0.25) is 4.98 Å². The number of aromatic nitrogens is 1. The number of nitrogens with one attached hydrogen (secondary N) is 1. The number of nitrogens with zero attached hydrogens (tertiary/aromatic N) is 1. The number of aryl methyl sites for hydroxylation is 1. The lowest BCUT2D eigenvalue weighted by molar-refractivity contribution is 0.553. The van der Waals surface area contributed by atoms with Crippen LogP contribution < -0.4 is 5.32 Å². The highest BCUT2D eigenvalue weighted by molar-refractivity contribution is 7.10. The average Bonchev–Trinajstić information content (AvgIpc) is 2.81. The minimum absolute atomic E-state index is 0.361. The Morgan fingerprint density at radius 3 is 2.59 bits per heavy atom. The van der Waals surface area contributed by atoms with E-state index in [1.54, 1.807) is 11.3 Å². The molecule has 2 aromatic heterocycles. The van der Waals surface area contributed by atoms with E-state index in [1.807, 2.05) is 19.2 Å². The van der Waals surface area contributed by atoms with Gasteiger partial charge in [0, 0.05) is 10.6 Å². The van der Waals surface area contributed by atoms with Gasteiger partial charge in [0.2, 0.25) is 0 Å². The summed E-state index contributed by atoms with van der Waals surface area (Å²) in [4.78, 5) is 5.69. The second-order valence-corrected chi connectivity index (χ2v) is 5.55. The highest BCUT2D eigenvalue weighted by atomic mass is 32.1. The first-order valence-electron chi connectivity index (χ1n) is 5.89. The van der Waals surface area contributed by atoms with Gasteiger partial charge in [-0.25, -0.2) is 0 Å². The quantitative estimate of drug-likeness (QED) is 0.872. The number of rotatable bonds is 4. The van der Waals surface area contributed by atoms with Crippen molar-refractivity contribution in [3.63, 3.8) is 0 Å². The molecule has 17 heavy (non-hydrogen) atoms. The van der Waals surface area contributed by atoms with Crippen LogP contribution in [-0.2, 0) is 0 Å². The molecule has 0 spiro atoms. The molecule has 0 aliphatic heterocycles. The third-order valence-electron chi connectivity index (χ3n) is 2.75. The zero-order valence-corrected chi connectivity index (χ0v) is 11.3. The molecule has 1 unspecified atom stereocenters. The maximum Gasteiger partial charge on any atom is 0.0629 e. The van der Waals surface area contributed by atoms with Gasteiger partial charge >= 0.3 is 0 Å². The lowest BCUT2D eigenvalue weighted by atomic mass is 10.0. The molecule has 2 aromatic rings. The molecule has 0 radical (unpaired) electrons. The average molecular weight is 246 g/mol. The summed E-state index contributed by atoms with van der Waals surface area (Å²) >= 11 is 1.80. The molecule has 0 saturated heterocycles. The molecule has 3 heteroatoms. The van der Waals surface area contributed by atoms with Gasteiger partial charge in [0.15, 0.2) is 0 Å². The fourth-order valence-corrected chi connectivity index (χ4v) is 2.72. The van der Waals surface area contributed by atoms with Crippen LogP contribution in [0.4, 0.5) is 5.69 Å². The van der Waals surface area contributed by atoms with E-state index in [0.29, 0.717) is 12.0 Å². The Morgan fingerprint density at radius 1 is 1.24 bits per heavy atom. The Labute approximate surface area is 107 Å². The van der Waals surface area contributed by atoms with Crippen molar-refractivity contribution in [2.75, 3.05) is 5.32 Å². The van der Waals surface area contributed by atoms with Crippen LogP contribution in [0.15, 0.2) is 35.8 Å². The first-order valence-corrected chi connectivity index (χ1v) is 6.77. The predicted molar refractivity (Wildman–Crippen MR) is 74.5 cm³/mol. The molecule has 0 amide bonds. The number of hydrogen-bond acceptors (Lipinski definition) is 3. The Balaban J connectivity index is 2.16. The monoisotopic (exact) mass is 246 g/mol. The summed E-state index contributed by atoms with van der Waals surface area (Å²) in [6.45, 7) is 6.47. The highest BCUT2D eigenvalue weighted by Crippen LogP contribution is 2.29. The first kappa shape index (κ1) is 12.1. The second kappa shape index (κ2) is 5.32. The number of anilines is 1. The summed E-state index contributed by atoms with van der Waals surface area (Å²) in [5, 5.41) is 5.68. The lowest BCUT2D eigenvalue weighted by Gasteiger charge is -2.22. The van der Waals surface area contributed by atoms with Crippen molar-refractivity contribution in [2.24, 2.45) is 5.92 Å². The van der Waals surface area contributed by atoms with Crippen LogP contribution in [0.3, 0.4) is 0 Å². The first-order chi connectivity index (χ1) is 8.16. The SMILES string of the molecule is Cc1ccc(NC(c2cccs2)C(C)C)cn1. The predicted octanol–water partition coefficient (Wildman–Crippen LogP) is 4.26. The molecule has 1 atom stereocenters. The van der Waals surface area contributed by atoms with Crippen LogP contribution in [0.1, 0.15) is 30.5 Å². The molecule has 0 aliphatic rings. The molecule has 2 nitrogen and oxygen atoms in total. The van der Waals surface area contributed by atoms with E-state index in [4.69, 9.17) is 0 Å². The van der Waals surface area contributed by atoms with E-state index < -0.39 is 0 Å². The number of hydrogen-bond donors (Lipinski definition) is 1. The second-order valence-electron chi connectivity index (χ2n) is 4.57. The summed E-state index contributed by atoms with van der Waals surface area (Å²) in [5.41, 5.74) is 2.13. The lowest BCUT2D eigenvalue weighted by Crippen LogP contribution is -2.15. The standard InChI is InChI=1S/C14H18N2S/c1-10(2)14(13-5-4-8-17-13)16-12-7-6-11(3)15-9-12/h4-10,14,16H,1-3H3. The summed E-state index contributed by atoms with van der Waals surface area (Å²) in [6, 6.07) is 8.77. The van der Waals surface area contributed by atoms with E-state index in [2.05, 4.69) is 47.7 Å². The fourth-order valence-electron chi connectivity index (χ4n) is 1.77. The largest absolute Gasteiger partial charge is 0.376 e. The molecular formula is C14H18N2S. The van der Waals surface area contributed by atoms with Gasteiger partial charge in [0.05, 0.1) is 17.9 Å². The van der Waals surface area contributed by atoms with Crippen LogP contribution >= 0.6 is 11.3 Å². The van der Waals surface area contributed by atoms with Gasteiger partial charge in [-0.2, -0.15) is 0 Å². The highest BCUT2D eigenvalue weighted by Gasteiger charge is 2.16. The smallest absolute Gasteiger partial charge is 0.0629 e. The third-order valence-corrected chi connectivity index (χ3v) is 3.71. The maximum atomic E-state index is 4.31. The van der Waals surface area contributed by atoms with Crippen LogP contribution in [0.2, 0.25) is 0 Å². The van der Waals surface area contributed by atoms with Crippen molar-refractivity contribution >= 4 is 17.0 Å². The molecule has 2 rings (SSSR count). The Morgan fingerprint density at radius 2 is 2.06 bits per heavy atom. The zero-order valence-electron chi connectivity index (χ0n) is 10.5. The molecule has 0 aliphatic carbocycles. The molecule has 0 aromatic carbocycles. The van der Waals surface area contributed by atoms with Crippen LogP contribution in [0.5, 0.6) is 0 Å². The number of pyridine rings is 1. The molecular weight excluding hydrogens is 228 g/mol. The third kappa shape index (κ3) is 3.07. The number of thiophene rings is 1. The minimum atomic E-state index is 0.361. The summed E-state index contributed by atoms with van der Waals surface area (Å²) < 4.78 is 0. The topological polar surface area (TPSA) is 24.9 Å². The minimum Gasteiger partial charge on any atom is -0.376 e. The van der Waals surface area contributed by atoms with Gasteiger partial charge in [0.1, 0.15) is 0 Å². The van der Waals surface area contributed by atoms with Crippen molar-refractivity contribution in [2.45, 2.75) is 26.8 Å². The molecule has 90 valence electrons. The van der Waals surface area contributed by atoms with E-state index in [1.165, 1.54) is 4.88 Å². The van der Waals surface area contributed by atoms with Crippen LogP contribution in [0.25, 0.3) is 0 Å². The van der Waals surface area contributed by atoms with Crippen molar-refractivity contribution in [1.29, 1.82) is 0 Å².